The summed E-state index contributed by atoms with van der Waals surface area (Å²) < 4.78 is 64.2. The van der Waals surface area contributed by atoms with Gasteiger partial charge in [-0.05, 0) is 49.2 Å². The van der Waals surface area contributed by atoms with Crippen LogP contribution in [0.2, 0.25) is 0 Å². The van der Waals surface area contributed by atoms with Crippen molar-refractivity contribution >= 4 is 47.1 Å². The van der Waals surface area contributed by atoms with Gasteiger partial charge in [0.1, 0.15) is 47.1 Å². The average Bonchev–Trinajstić information content (AvgIpc) is 3.69. The van der Waals surface area contributed by atoms with Crippen LogP contribution in [0.15, 0.2) is 65.6 Å². The summed E-state index contributed by atoms with van der Waals surface area (Å²) in [7, 11) is -17.1. The quantitative estimate of drug-likeness (QED) is 0.0325. The second-order valence-corrected chi connectivity index (χ2v) is 19.5. The monoisotopic (exact) mass is 1010 g/mol. The van der Waals surface area contributed by atoms with Crippen LogP contribution in [0.5, 0.6) is 23.0 Å². The Hall–Kier alpha value is -6.00. The van der Waals surface area contributed by atoms with Crippen LogP contribution >= 0.6 is 23.5 Å². The fourth-order valence-corrected chi connectivity index (χ4v) is 10.5. The van der Waals surface area contributed by atoms with Crippen molar-refractivity contribution in [3.05, 3.63) is 105 Å². The number of phenolic OH excluding ortho intramolecular Hbond substituents is 2. The van der Waals surface area contributed by atoms with E-state index in [1.54, 1.807) is 24.3 Å². The average molecular weight is 1010 g/mol. The first-order chi connectivity index (χ1) is 32.0. The molecule has 1 spiro atoms. The van der Waals surface area contributed by atoms with Crippen LogP contribution in [0.4, 0.5) is 5.82 Å². The largest absolute Gasteiger partial charge is 0.508 e. The van der Waals surface area contributed by atoms with Crippen LogP contribution < -0.4 is 26.8 Å². The number of aromatic nitrogens is 2. The number of carbonyl (C=O) groups is 3. The van der Waals surface area contributed by atoms with Crippen LogP contribution in [-0.4, -0.2) is 105 Å². The lowest BCUT2D eigenvalue weighted by atomic mass is 9.77. The number of nitrogens with zero attached hydrogens (tertiary/aromatic N) is 2. The van der Waals surface area contributed by atoms with Gasteiger partial charge in [-0.15, -0.1) is 0 Å². The predicted molar refractivity (Wildman–Crippen MR) is 227 cm³/mol. The summed E-state index contributed by atoms with van der Waals surface area (Å²) in [5.41, 5.74) is 4.85. The fraction of sp³-hybridized carbons (Fsp3) is 0.308. The highest BCUT2D eigenvalue weighted by Gasteiger charge is 2.54. The third kappa shape index (κ3) is 11.0. The van der Waals surface area contributed by atoms with Gasteiger partial charge in [0, 0.05) is 53.5 Å². The van der Waals surface area contributed by atoms with Gasteiger partial charge in [-0.1, -0.05) is 24.3 Å². The molecule has 2 unspecified atom stereocenters. The summed E-state index contributed by atoms with van der Waals surface area (Å²) in [5.74, 6) is 3.64. The van der Waals surface area contributed by atoms with E-state index in [2.05, 4.69) is 40.6 Å². The summed E-state index contributed by atoms with van der Waals surface area (Å²) in [6, 6.07) is 13.4. The molecule has 3 aromatic carbocycles. The number of phosphoric acid groups is 3. The Labute approximate surface area is 382 Å². The van der Waals surface area contributed by atoms with Crippen LogP contribution in [0.1, 0.15) is 74.9 Å². The van der Waals surface area contributed by atoms with Crippen molar-refractivity contribution in [3.8, 4) is 34.8 Å². The fourth-order valence-electron chi connectivity index (χ4n) is 7.44. The van der Waals surface area contributed by atoms with Crippen molar-refractivity contribution < 1.29 is 95.4 Å². The highest BCUT2D eigenvalue weighted by Crippen LogP contribution is 2.66. The number of carbonyl (C=O) groups excluding carboxylic acids is 3. The van der Waals surface area contributed by atoms with Crippen molar-refractivity contribution in [1.82, 2.24) is 20.2 Å². The Balaban J connectivity index is 0.864. The van der Waals surface area contributed by atoms with Crippen molar-refractivity contribution in [3.63, 3.8) is 0 Å². The van der Waals surface area contributed by atoms with Crippen LogP contribution in [0.3, 0.4) is 0 Å². The number of phosphoric ester groups is 1. The molecule has 26 nitrogen and oxygen atoms in total. The van der Waals surface area contributed by atoms with Gasteiger partial charge < -0.3 is 70.6 Å². The maximum absolute atomic E-state index is 13.4. The minimum atomic E-state index is -5.84. The van der Waals surface area contributed by atoms with Crippen LogP contribution in [-0.2, 0) is 46.7 Å². The van der Waals surface area contributed by atoms with E-state index in [1.807, 2.05) is 0 Å². The number of aliphatic hydroxyl groups excluding tert-OH is 2. The second-order valence-electron chi connectivity index (χ2n) is 15.1. The molecule has 1 fully saturated rings. The zero-order valence-corrected chi connectivity index (χ0v) is 37.4. The molecule has 0 bridgehead atoms. The third-order valence-electron chi connectivity index (χ3n) is 10.4. The van der Waals surface area contributed by atoms with Crippen LogP contribution in [0.25, 0.3) is 0 Å². The number of ether oxygens (including phenoxy) is 3. The highest BCUT2D eigenvalue weighted by atomic mass is 31.3. The molecule has 0 aliphatic carbocycles. The van der Waals surface area contributed by atoms with Crippen LogP contribution in [0, 0.1) is 11.8 Å². The van der Waals surface area contributed by atoms with Gasteiger partial charge in [0.05, 0.1) is 24.3 Å². The van der Waals surface area contributed by atoms with Gasteiger partial charge in [0.2, 0.25) is 5.91 Å². The number of hydrogen-bond acceptors (Lipinski definition) is 19. The lowest BCUT2D eigenvalue weighted by Gasteiger charge is -2.36. The van der Waals surface area contributed by atoms with Gasteiger partial charge in [-0.2, -0.15) is 13.6 Å². The van der Waals surface area contributed by atoms with E-state index in [4.69, 9.17) is 29.7 Å². The molecule has 6 atom stereocenters. The number of aromatic hydroxyl groups is 2. The van der Waals surface area contributed by atoms with E-state index in [-0.39, 0.29) is 70.9 Å². The normalized spacial score (nSPS) is 20.6. The first-order valence-corrected chi connectivity index (χ1v) is 24.4. The molecule has 0 saturated carbocycles. The Bertz CT molecular complexity index is 2900. The second kappa shape index (κ2) is 19.5. The Morgan fingerprint density at radius 2 is 1.51 bits per heavy atom. The number of nitrogens with one attached hydrogen (secondary N) is 2. The van der Waals surface area contributed by atoms with Crippen molar-refractivity contribution in [2.75, 3.05) is 25.4 Å². The molecule has 7 rings (SSSR count). The summed E-state index contributed by atoms with van der Waals surface area (Å²) in [6.07, 6.45) is -4.59. The number of nitrogens with two attached hydrogens (primary N) is 1. The van der Waals surface area contributed by atoms with Crippen molar-refractivity contribution in [2.24, 2.45) is 0 Å². The van der Waals surface area contributed by atoms with Crippen molar-refractivity contribution in [2.45, 2.75) is 55.8 Å². The molecule has 1 aromatic heterocycles. The highest BCUT2D eigenvalue weighted by molar-refractivity contribution is 7.66. The first kappa shape index (κ1) is 49.9. The molecule has 4 heterocycles. The molecule has 29 heteroatoms. The van der Waals surface area contributed by atoms with E-state index in [9.17, 15) is 63.1 Å². The van der Waals surface area contributed by atoms with Gasteiger partial charge in [0.25, 0.3) is 5.91 Å². The van der Waals surface area contributed by atoms with E-state index in [0.29, 0.717) is 40.5 Å². The molecule has 68 heavy (non-hydrogen) atoms. The maximum atomic E-state index is 13.4. The third-order valence-corrected chi connectivity index (χ3v) is 14.2. The Kier molecular flexibility index (Phi) is 14.3. The SMILES string of the molecule is Nc1nc(=O)n([C@@H]2O[C@H](COP(=O)(O)OP(=O)(O)OP(=O)(O)O)[C@@H](O)[C@H]2O)cc1C#CCNC(=O)CCCCCNC(=O)c1ccc2c(c1)C(=O)OC21c2ccc(O)cc2Oc2cc(O)ccc21. The number of phenols is 2. The topological polar surface area (TPSA) is 405 Å². The Morgan fingerprint density at radius 3 is 2.18 bits per heavy atom. The molecule has 1 saturated heterocycles. The number of unbranched alkanes of at least 4 members (excludes halogenated alkanes) is 2. The molecule has 4 aromatic rings. The molecule has 362 valence electrons. The number of rotatable bonds is 16. The summed E-state index contributed by atoms with van der Waals surface area (Å²) in [6.45, 7) is -1.05. The van der Waals surface area contributed by atoms with Gasteiger partial charge in [-0.25, -0.2) is 23.3 Å². The zero-order chi connectivity index (χ0) is 49.3. The molecular formula is C39H40N5O21P3. The summed E-state index contributed by atoms with van der Waals surface area (Å²) in [5, 5.41) is 46.7. The molecule has 2 amide bonds. The minimum absolute atomic E-state index is 0.0775. The molecule has 12 N–H and O–H groups in total. The smallest absolute Gasteiger partial charge is 0.490 e. The van der Waals surface area contributed by atoms with Gasteiger partial charge >= 0.3 is 35.1 Å². The lowest BCUT2D eigenvalue weighted by molar-refractivity contribution is -0.121. The standard InChI is InChI=1S/C39H40N5O21P3/c40-34-21(18-44(38(52)43-34)36-33(49)32(48)30(62-36)19-60-67(56,57)65-68(58,59)64-66(53,54)55)5-4-14-41-31(47)6-2-1-3-13-42-35(50)20-7-10-25-24(15-20)37(51)63-39(25)26-11-8-22(45)16-28(26)61-29-17-23(46)9-12-27(29)39/h7-12,15-18,30,32-33,36,45-46,48-49H,1-3,6,13-14,19H2,(H,41,47)(H,42,50)(H,56,57)(H,58,59)(H2,40,43,52)(H2,53,54,55)/t30-,32-,33-,36-/m1/s1. The minimum Gasteiger partial charge on any atom is -0.508 e. The van der Waals surface area contributed by atoms with E-state index >= 15 is 0 Å². The number of fused-ring (bicyclic) bond motifs is 6. The van der Waals surface area contributed by atoms with E-state index in [1.165, 1.54) is 30.3 Å². The predicted octanol–water partition coefficient (Wildman–Crippen LogP) is 1.23. The molecule has 3 aliphatic heterocycles. The number of esters is 1. The number of anilines is 1. The summed E-state index contributed by atoms with van der Waals surface area (Å²) >= 11 is 0. The summed E-state index contributed by atoms with van der Waals surface area (Å²) in [4.78, 5) is 91.6. The molecule has 0 radical (unpaired) electrons. The number of amides is 2. The van der Waals surface area contributed by atoms with E-state index < -0.39 is 77.8 Å². The first-order valence-electron chi connectivity index (χ1n) is 19.9. The van der Waals surface area contributed by atoms with Gasteiger partial charge in [0.15, 0.2) is 11.8 Å². The number of nitrogen functional groups attached to an aromatic ring is 1. The number of aliphatic hydroxyl groups is 2. The number of hydrogen-bond donors (Lipinski definition) is 11. The molecule has 3 aliphatic rings. The number of benzene rings is 3. The van der Waals surface area contributed by atoms with Gasteiger partial charge in [-0.3, -0.25) is 18.7 Å². The zero-order valence-electron chi connectivity index (χ0n) is 34.7. The van der Waals surface area contributed by atoms with E-state index in [0.717, 1.165) is 6.20 Å². The van der Waals surface area contributed by atoms with Crippen molar-refractivity contribution in [1.29, 1.82) is 0 Å². The molecular weight excluding hydrogens is 967 g/mol. The lowest BCUT2D eigenvalue weighted by Crippen LogP contribution is -2.36. The maximum Gasteiger partial charge on any atom is 0.490 e. The Morgan fingerprint density at radius 1 is 0.853 bits per heavy atom.